The molecule has 0 saturated heterocycles. The summed E-state index contributed by atoms with van der Waals surface area (Å²) in [6.07, 6.45) is 1.43. The molecule has 0 spiro atoms. The fourth-order valence-corrected chi connectivity index (χ4v) is 3.32. The molecule has 4 aromatic rings. The summed E-state index contributed by atoms with van der Waals surface area (Å²) in [5, 5.41) is 4.16. The van der Waals surface area contributed by atoms with Gasteiger partial charge >= 0.3 is 0 Å². The SMILES string of the molecule is Cl.Cn1c(CNC(=O)c2cccc(COc3cc(CN)ncn3)c2)cc2ccccc21. The third kappa shape index (κ3) is 5.20. The number of hydrogen-bond donors (Lipinski definition) is 2. The average molecular weight is 438 g/mol. The van der Waals surface area contributed by atoms with Crippen LogP contribution in [-0.4, -0.2) is 20.4 Å². The predicted octanol–water partition coefficient (Wildman–Crippen LogP) is 3.36. The molecule has 0 fully saturated rings. The van der Waals surface area contributed by atoms with Crippen molar-refractivity contribution < 1.29 is 9.53 Å². The number of carbonyl (C=O) groups is 1. The van der Waals surface area contributed by atoms with Crippen molar-refractivity contribution in [1.82, 2.24) is 19.9 Å². The number of nitrogens with zero attached hydrogens (tertiary/aromatic N) is 3. The van der Waals surface area contributed by atoms with E-state index >= 15 is 0 Å². The Morgan fingerprint density at radius 3 is 2.74 bits per heavy atom. The Balaban J connectivity index is 0.00000272. The minimum Gasteiger partial charge on any atom is -0.473 e. The molecule has 2 aromatic heterocycles. The molecule has 3 N–H and O–H groups in total. The molecular weight excluding hydrogens is 414 g/mol. The van der Waals surface area contributed by atoms with Crippen molar-refractivity contribution in [2.24, 2.45) is 12.8 Å². The summed E-state index contributed by atoms with van der Waals surface area (Å²) in [7, 11) is 2.00. The zero-order valence-corrected chi connectivity index (χ0v) is 17.9. The number of fused-ring (bicyclic) bond motifs is 1. The van der Waals surface area contributed by atoms with Gasteiger partial charge in [0.05, 0.1) is 12.2 Å². The normalized spacial score (nSPS) is 10.5. The van der Waals surface area contributed by atoms with Gasteiger partial charge in [0.2, 0.25) is 5.88 Å². The second kappa shape index (κ2) is 10.1. The first-order chi connectivity index (χ1) is 14.6. The van der Waals surface area contributed by atoms with Gasteiger partial charge in [0, 0.05) is 36.4 Å². The number of para-hydroxylation sites is 1. The monoisotopic (exact) mass is 437 g/mol. The number of ether oxygens (including phenoxy) is 1. The summed E-state index contributed by atoms with van der Waals surface area (Å²) in [5.41, 5.74) is 9.94. The summed E-state index contributed by atoms with van der Waals surface area (Å²) in [4.78, 5) is 20.8. The molecule has 0 unspecified atom stereocenters. The number of nitrogens with two attached hydrogens (primary N) is 1. The van der Waals surface area contributed by atoms with E-state index in [1.54, 1.807) is 12.1 Å². The quantitative estimate of drug-likeness (QED) is 0.462. The Labute approximate surface area is 186 Å². The fourth-order valence-electron chi connectivity index (χ4n) is 3.32. The summed E-state index contributed by atoms with van der Waals surface area (Å²) in [5.74, 6) is 0.325. The first-order valence-electron chi connectivity index (χ1n) is 9.68. The standard InChI is InChI=1S/C23H23N5O2.ClH/c1-28-20(10-17-6-2-3-8-21(17)28)13-25-23(29)18-7-4-5-16(9-18)14-30-22-11-19(12-24)26-15-27-22;/h2-11,15H,12-14,24H2,1H3,(H,25,29);1H. The number of aromatic nitrogens is 3. The Morgan fingerprint density at radius 1 is 1.10 bits per heavy atom. The molecule has 0 aliphatic rings. The number of rotatable bonds is 7. The van der Waals surface area contributed by atoms with Crippen LogP contribution in [0.3, 0.4) is 0 Å². The highest BCUT2D eigenvalue weighted by atomic mass is 35.5. The van der Waals surface area contributed by atoms with Crippen LogP contribution in [0.2, 0.25) is 0 Å². The van der Waals surface area contributed by atoms with Crippen molar-refractivity contribution in [1.29, 1.82) is 0 Å². The number of benzene rings is 2. The van der Waals surface area contributed by atoms with Crippen LogP contribution in [0.4, 0.5) is 0 Å². The van der Waals surface area contributed by atoms with Crippen molar-refractivity contribution in [3.05, 3.63) is 89.5 Å². The second-order valence-corrected chi connectivity index (χ2v) is 6.98. The van der Waals surface area contributed by atoms with Gasteiger partial charge in [-0.25, -0.2) is 9.97 Å². The van der Waals surface area contributed by atoms with E-state index in [1.165, 1.54) is 6.33 Å². The lowest BCUT2D eigenvalue weighted by molar-refractivity contribution is 0.0950. The van der Waals surface area contributed by atoms with E-state index in [9.17, 15) is 4.79 Å². The van der Waals surface area contributed by atoms with E-state index in [2.05, 4.69) is 38.1 Å². The Morgan fingerprint density at radius 2 is 1.94 bits per heavy atom. The molecule has 4 rings (SSSR count). The van der Waals surface area contributed by atoms with Crippen LogP contribution in [-0.2, 0) is 26.7 Å². The highest BCUT2D eigenvalue weighted by Gasteiger charge is 2.10. The van der Waals surface area contributed by atoms with Crippen molar-refractivity contribution in [3.8, 4) is 5.88 Å². The maximum atomic E-state index is 12.7. The molecular formula is C23H24ClN5O2. The molecule has 0 radical (unpaired) electrons. The van der Waals surface area contributed by atoms with Crippen LogP contribution in [0.1, 0.15) is 27.3 Å². The first kappa shape index (κ1) is 22.3. The van der Waals surface area contributed by atoms with E-state index in [0.717, 1.165) is 22.2 Å². The highest BCUT2D eigenvalue weighted by Crippen LogP contribution is 2.18. The summed E-state index contributed by atoms with van der Waals surface area (Å²) < 4.78 is 7.80. The van der Waals surface area contributed by atoms with Gasteiger partial charge in [-0.2, -0.15) is 0 Å². The number of hydrogen-bond acceptors (Lipinski definition) is 5. The van der Waals surface area contributed by atoms with Crippen molar-refractivity contribution in [2.45, 2.75) is 19.7 Å². The lowest BCUT2D eigenvalue weighted by Gasteiger charge is -2.09. The largest absolute Gasteiger partial charge is 0.473 e. The van der Waals surface area contributed by atoms with Gasteiger partial charge in [-0.15, -0.1) is 12.4 Å². The van der Waals surface area contributed by atoms with Crippen LogP contribution >= 0.6 is 12.4 Å². The van der Waals surface area contributed by atoms with Gasteiger partial charge in [-0.1, -0.05) is 30.3 Å². The van der Waals surface area contributed by atoms with Gasteiger partial charge in [0.1, 0.15) is 12.9 Å². The van der Waals surface area contributed by atoms with Gasteiger partial charge in [0.15, 0.2) is 0 Å². The summed E-state index contributed by atoms with van der Waals surface area (Å²) in [6, 6.07) is 19.3. The topological polar surface area (TPSA) is 95.1 Å². The summed E-state index contributed by atoms with van der Waals surface area (Å²) >= 11 is 0. The Hall–Kier alpha value is -3.42. The molecule has 0 bridgehead atoms. The maximum absolute atomic E-state index is 12.7. The molecule has 1 amide bonds. The van der Waals surface area contributed by atoms with Gasteiger partial charge in [-0.05, 0) is 35.2 Å². The highest BCUT2D eigenvalue weighted by molar-refractivity contribution is 5.94. The molecule has 2 heterocycles. The van der Waals surface area contributed by atoms with Crippen molar-refractivity contribution >= 4 is 29.2 Å². The third-order valence-corrected chi connectivity index (χ3v) is 4.96. The molecule has 8 heteroatoms. The average Bonchev–Trinajstić information content (AvgIpc) is 3.12. The van der Waals surface area contributed by atoms with Crippen LogP contribution in [0.25, 0.3) is 10.9 Å². The molecule has 2 aromatic carbocycles. The van der Waals surface area contributed by atoms with E-state index in [0.29, 0.717) is 36.8 Å². The van der Waals surface area contributed by atoms with Crippen molar-refractivity contribution in [2.75, 3.05) is 0 Å². The van der Waals surface area contributed by atoms with E-state index in [1.807, 2.05) is 37.4 Å². The van der Waals surface area contributed by atoms with Crippen LogP contribution in [0.15, 0.2) is 67.0 Å². The van der Waals surface area contributed by atoms with Crippen LogP contribution in [0, 0.1) is 0 Å². The number of amides is 1. The Kier molecular flexibility index (Phi) is 7.23. The fraction of sp³-hybridized carbons (Fsp3) is 0.174. The van der Waals surface area contributed by atoms with Crippen LogP contribution < -0.4 is 15.8 Å². The maximum Gasteiger partial charge on any atom is 0.251 e. The first-order valence-corrected chi connectivity index (χ1v) is 9.68. The number of nitrogens with one attached hydrogen (secondary N) is 1. The smallest absolute Gasteiger partial charge is 0.251 e. The lowest BCUT2D eigenvalue weighted by atomic mass is 10.1. The van der Waals surface area contributed by atoms with E-state index < -0.39 is 0 Å². The van der Waals surface area contributed by atoms with Gasteiger partial charge in [0.25, 0.3) is 5.91 Å². The van der Waals surface area contributed by atoms with E-state index in [-0.39, 0.29) is 18.3 Å². The zero-order chi connectivity index (χ0) is 20.9. The molecule has 0 atom stereocenters. The molecule has 160 valence electrons. The minimum absolute atomic E-state index is 0. The molecule has 31 heavy (non-hydrogen) atoms. The number of carbonyl (C=O) groups excluding carboxylic acids is 1. The van der Waals surface area contributed by atoms with Crippen molar-refractivity contribution in [3.63, 3.8) is 0 Å². The van der Waals surface area contributed by atoms with Crippen LogP contribution in [0.5, 0.6) is 5.88 Å². The predicted molar refractivity (Wildman–Crippen MR) is 122 cm³/mol. The number of halogens is 1. The zero-order valence-electron chi connectivity index (χ0n) is 17.1. The molecule has 0 saturated carbocycles. The van der Waals surface area contributed by atoms with Gasteiger partial charge in [-0.3, -0.25) is 4.79 Å². The minimum atomic E-state index is -0.130. The molecule has 7 nitrogen and oxygen atoms in total. The molecule has 0 aliphatic heterocycles. The third-order valence-electron chi connectivity index (χ3n) is 4.96. The molecule has 0 aliphatic carbocycles. The second-order valence-electron chi connectivity index (χ2n) is 6.98. The van der Waals surface area contributed by atoms with Gasteiger partial charge < -0.3 is 20.4 Å². The Bertz CT molecular complexity index is 1190. The summed E-state index contributed by atoms with van der Waals surface area (Å²) in [6.45, 7) is 1.07. The number of aryl methyl sites for hydroxylation is 1. The van der Waals surface area contributed by atoms with E-state index in [4.69, 9.17) is 10.5 Å². The lowest BCUT2D eigenvalue weighted by Crippen LogP contribution is -2.24.